The maximum atomic E-state index is 12.0. The van der Waals surface area contributed by atoms with Crippen LogP contribution in [0.5, 0.6) is 11.5 Å². The third-order valence-electron chi connectivity index (χ3n) is 5.23. The maximum absolute atomic E-state index is 12.0. The van der Waals surface area contributed by atoms with E-state index in [4.69, 9.17) is 9.47 Å². The number of hydrogen-bond donors (Lipinski definition) is 1. The molecule has 2 aromatic rings. The summed E-state index contributed by atoms with van der Waals surface area (Å²) in [7, 11) is -3.04. The minimum Gasteiger partial charge on any atom is -0.490 e. The van der Waals surface area contributed by atoms with E-state index in [9.17, 15) is 18.3 Å². The van der Waals surface area contributed by atoms with Gasteiger partial charge in [0.05, 0.1) is 18.1 Å². The molecule has 0 spiro atoms. The van der Waals surface area contributed by atoms with E-state index in [0.29, 0.717) is 36.6 Å². The van der Waals surface area contributed by atoms with Gasteiger partial charge in [-0.2, -0.15) is 0 Å². The van der Waals surface area contributed by atoms with E-state index in [2.05, 4.69) is 0 Å². The first kappa shape index (κ1) is 23.2. The van der Waals surface area contributed by atoms with Gasteiger partial charge in [-0.3, -0.25) is 9.69 Å². The molecule has 0 radical (unpaired) electrons. The second-order valence-electron chi connectivity index (χ2n) is 7.69. The molecule has 0 amide bonds. The Bertz CT molecular complexity index is 963. The summed E-state index contributed by atoms with van der Waals surface area (Å²) in [6, 6.07) is 14.5. The highest BCUT2D eigenvalue weighted by atomic mass is 32.2. The second-order valence-corrected chi connectivity index (χ2v) is 9.92. The molecule has 1 N–H and O–H groups in total. The van der Waals surface area contributed by atoms with Crippen LogP contribution in [0.1, 0.15) is 29.3 Å². The molecular formula is C23H29NO6S. The summed E-state index contributed by atoms with van der Waals surface area (Å²) in [4.78, 5) is 13.0. The zero-order chi connectivity index (χ0) is 22.3. The number of aldehydes is 1. The standard InChI is InChI=1S/C23H29NO6S/c1-2-29-23-12-19(15-25)8-9-22(23)30-16-21(26)14-24(13-18-6-4-3-5-7-18)20-10-11-31(27,28)17-20/h3-9,12,15,20-21,26H,2,10-11,13-14,16-17H2,1H3. The molecule has 1 saturated heterocycles. The number of hydrogen-bond acceptors (Lipinski definition) is 7. The van der Waals surface area contributed by atoms with Gasteiger partial charge in [0.25, 0.3) is 0 Å². The van der Waals surface area contributed by atoms with Gasteiger partial charge in [0, 0.05) is 24.7 Å². The highest BCUT2D eigenvalue weighted by Crippen LogP contribution is 2.28. The normalized spacial score (nSPS) is 18.6. The molecule has 0 bridgehead atoms. The smallest absolute Gasteiger partial charge is 0.161 e. The van der Waals surface area contributed by atoms with Crippen LogP contribution in [0.15, 0.2) is 48.5 Å². The Balaban J connectivity index is 1.66. The monoisotopic (exact) mass is 447 g/mol. The zero-order valence-corrected chi connectivity index (χ0v) is 18.5. The molecular weight excluding hydrogens is 418 g/mol. The van der Waals surface area contributed by atoms with Gasteiger partial charge in [-0.05, 0) is 37.1 Å². The molecule has 0 aliphatic carbocycles. The van der Waals surface area contributed by atoms with E-state index in [-0.39, 0.29) is 30.7 Å². The van der Waals surface area contributed by atoms with Gasteiger partial charge in [-0.1, -0.05) is 30.3 Å². The van der Waals surface area contributed by atoms with E-state index < -0.39 is 15.9 Å². The van der Waals surface area contributed by atoms with Crippen LogP contribution in [0.25, 0.3) is 0 Å². The Morgan fingerprint density at radius 1 is 1.16 bits per heavy atom. The van der Waals surface area contributed by atoms with Gasteiger partial charge in [0.1, 0.15) is 19.0 Å². The number of benzene rings is 2. The van der Waals surface area contributed by atoms with Crippen LogP contribution in [-0.2, 0) is 16.4 Å². The number of carbonyl (C=O) groups is 1. The van der Waals surface area contributed by atoms with Crippen molar-refractivity contribution >= 4 is 16.1 Å². The summed E-state index contributed by atoms with van der Waals surface area (Å²) in [5, 5.41) is 10.7. The minimum atomic E-state index is -3.04. The van der Waals surface area contributed by atoms with Gasteiger partial charge in [0.2, 0.25) is 0 Å². The van der Waals surface area contributed by atoms with Crippen LogP contribution in [0.3, 0.4) is 0 Å². The van der Waals surface area contributed by atoms with Crippen molar-refractivity contribution in [3.8, 4) is 11.5 Å². The number of nitrogens with zero attached hydrogens (tertiary/aromatic N) is 1. The lowest BCUT2D eigenvalue weighted by Crippen LogP contribution is -2.42. The van der Waals surface area contributed by atoms with Gasteiger partial charge in [0.15, 0.2) is 21.3 Å². The Labute approximate surface area is 183 Å². The van der Waals surface area contributed by atoms with Crippen LogP contribution in [0, 0.1) is 0 Å². The Kier molecular flexibility index (Phi) is 8.06. The van der Waals surface area contributed by atoms with Gasteiger partial charge < -0.3 is 14.6 Å². The number of carbonyl (C=O) groups excluding carboxylic acids is 1. The molecule has 2 atom stereocenters. The molecule has 1 aliphatic heterocycles. The van der Waals surface area contributed by atoms with E-state index >= 15 is 0 Å². The molecule has 0 aromatic heterocycles. The summed E-state index contributed by atoms with van der Waals surface area (Å²) in [5.41, 5.74) is 1.54. The van der Waals surface area contributed by atoms with Crippen molar-refractivity contribution in [3.63, 3.8) is 0 Å². The fraction of sp³-hybridized carbons (Fsp3) is 0.435. The average Bonchev–Trinajstić information content (AvgIpc) is 3.13. The minimum absolute atomic E-state index is 0.0191. The fourth-order valence-electron chi connectivity index (χ4n) is 3.72. The SMILES string of the molecule is CCOc1cc(C=O)ccc1OCC(O)CN(Cc1ccccc1)C1CCS(=O)(=O)C1. The molecule has 31 heavy (non-hydrogen) atoms. The summed E-state index contributed by atoms with van der Waals surface area (Å²) in [5.74, 6) is 1.18. The van der Waals surface area contributed by atoms with Crippen molar-refractivity contribution in [2.75, 3.05) is 31.3 Å². The molecule has 8 heteroatoms. The average molecular weight is 448 g/mol. The number of ether oxygens (including phenoxy) is 2. The van der Waals surface area contributed by atoms with E-state index in [1.165, 1.54) is 0 Å². The number of aliphatic hydroxyl groups excluding tert-OH is 1. The van der Waals surface area contributed by atoms with Crippen LogP contribution in [0.4, 0.5) is 0 Å². The Hall–Kier alpha value is -2.42. The Morgan fingerprint density at radius 3 is 2.58 bits per heavy atom. The first-order chi connectivity index (χ1) is 14.9. The molecule has 7 nitrogen and oxygen atoms in total. The molecule has 2 unspecified atom stereocenters. The topological polar surface area (TPSA) is 93.1 Å². The summed E-state index contributed by atoms with van der Waals surface area (Å²) < 4.78 is 35.3. The molecule has 2 aromatic carbocycles. The highest BCUT2D eigenvalue weighted by molar-refractivity contribution is 7.91. The quantitative estimate of drug-likeness (QED) is 0.529. The third-order valence-corrected chi connectivity index (χ3v) is 6.98. The van der Waals surface area contributed by atoms with Crippen LogP contribution in [0.2, 0.25) is 0 Å². The van der Waals surface area contributed by atoms with E-state index in [1.54, 1.807) is 18.2 Å². The summed E-state index contributed by atoms with van der Waals surface area (Å²) in [6.07, 6.45) is 0.468. The van der Waals surface area contributed by atoms with Crippen molar-refractivity contribution in [2.45, 2.75) is 32.0 Å². The van der Waals surface area contributed by atoms with Crippen molar-refractivity contribution in [2.24, 2.45) is 0 Å². The summed E-state index contributed by atoms with van der Waals surface area (Å²) in [6.45, 7) is 3.11. The van der Waals surface area contributed by atoms with Gasteiger partial charge in [-0.15, -0.1) is 0 Å². The lowest BCUT2D eigenvalue weighted by Gasteiger charge is -2.30. The number of aliphatic hydroxyl groups is 1. The number of sulfone groups is 1. The second kappa shape index (κ2) is 10.7. The first-order valence-electron chi connectivity index (χ1n) is 10.4. The molecule has 0 saturated carbocycles. The largest absolute Gasteiger partial charge is 0.490 e. The molecule has 1 heterocycles. The zero-order valence-electron chi connectivity index (χ0n) is 17.6. The third kappa shape index (κ3) is 6.78. The van der Waals surface area contributed by atoms with Crippen LogP contribution >= 0.6 is 0 Å². The molecule has 1 aliphatic rings. The van der Waals surface area contributed by atoms with Crippen LogP contribution in [-0.4, -0.2) is 68.1 Å². The summed E-state index contributed by atoms with van der Waals surface area (Å²) >= 11 is 0. The molecule has 1 fully saturated rings. The maximum Gasteiger partial charge on any atom is 0.161 e. The predicted octanol–water partition coefficient (Wildman–Crippen LogP) is 2.33. The highest BCUT2D eigenvalue weighted by Gasteiger charge is 2.33. The lowest BCUT2D eigenvalue weighted by atomic mass is 10.1. The molecule has 168 valence electrons. The van der Waals surface area contributed by atoms with E-state index in [1.807, 2.05) is 42.2 Å². The lowest BCUT2D eigenvalue weighted by molar-refractivity contribution is 0.0515. The van der Waals surface area contributed by atoms with Gasteiger partial charge >= 0.3 is 0 Å². The fourth-order valence-corrected chi connectivity index (χ4v) is 5.48. The molecule has 3 rings (SSSR count). The Morgan fingerprint density at radius 2 is 1.94 bits per heavy atom. The van der Waals surface area contributed by atoms with Crippen molar-refractivity contribution in [1.29, 1.82) is 0 Å². The van der Waals surface area contributed by atoms with E-state index in [0.717, 1.165) is 11.8 Å². The first-order valence-corrected chi connectivity index (χ1v) is 12.2. The van der Waals surface area contributed by atoms with Crippen molar-refractivity contribution < 1.29 is 27.8 Å². The van der Waals surface area contributed by atoms with Gasteiger partial charge in [-0.25, -0.2) is 8.42 Å². The van der Waals surface area contributed by atoms with Crippen molar-refractivity contribution in [3.05, 3.63) is 59.7 Å². The van der Waals surface area contributed by atoms with Crippen LogP contribution < -0.4 is 9.47 Å². The predicted molar refractivity (Wildman–Crippen MR) is 118 cm³/mol. The van der Waals surface area contributed by atoms with Crippen molar-refractivity contribution in [1.82, 2.24) is 4.90 Å². The number of rotatable bonds is 11.